The van der Waals surface area contributed by atoms with E-state index in [1.807, 2.05) is 0 Å². The first-order valence-corrected chi connectivity index (χ1v) is 8.59. The van der Waals surface area contributed by atoms with E-state index >= 15 is 0 Å². The number of methoxy groups -OCH3 is 3. The molecule has 0 spiro atoms. The molecule has 0 bridgehead atoms. The maximum Gasteiger partial charge on any atom is 0.325 e. The van der Waals surface area contributed by atoms with Gasteiger partial charge in [-0.2, -0.15) is 15.2 Å². The molecule has 2 atom stereocenters. The third kappa shape index (κ3) is 6.01. The predicted octanol–water partition coefficient (Wildman–Crippen LogP) is 2.01. The van der Waals surface area contributed by atoms with E-state index < -0.39 is 23.1 Å². The SMILES string of the molecule is CCOC(OC)OC(=O)C(Sc1nc(OC)cc(OC)n1)C(C)(C)C#N. The molecule has 0 radical (unpaired) electrons. The Morgan fingerprint density at radius 3 is 2.27 bits per heavy atom. The van der Waals surface area contributed by atoms with E-state index in [4.69, 9.17) is 23.7 Å². The first-order chi connectivity index (χ1) is 12.3. The number of hydrogen-bond donors (Lipinski definition) is 0. The van der Waals surface area contributed by atoms with Crippen LogP contribution in [-0.4, -0.2) is 55.6 Å². The molecule has 26 heavy (non-hydrogen) atoms. The van der Waals surface area contributed by atoms with Gasteiger partial charge in [0.1, 0.15) is 5.25 Å². The highest BCUT2D eigenvalue weighted by molar-refractivity contribution is 8.00. The number of nitrogens with zero attached hydrogens (tertiary/aromatic N) is 3. The molecule has 0 aliphatic heterocycles. The van der Waals surface area contributed by atoms with Gasteiger partial charge in [-0.3, -0.25) is 4.79 Å². The van der Waals surface area contributed by atoms with Gasteiger partial charge in [0, 0.05) is 7.11 Å². The summed E-state index contributed by atoms with van der Waals surface area (Å²) in [5.74, 6) is -0.150. The quantitative estimate of drug-likeness (QED) is 0.256. The summed E-state index contributed by atoms with van der Waals surface area (Å²) in [5.41, 5.74) is -1.08. The fourth-order valence-electron chi connectivity index (χ4n) is 1.74. The minimum absolute atomic E-state index is 0.205. The molecule has 1 heterocycles. The van der Waals surface area contributed by atoms with Gasteiger partial charge < -0.3 is 23.7 Å². The van der Waals surface area contributed by atoms with Crippen LogP contribution < -0.4 is 9.47 Å². The van der Waals surface area contributed by atoms with Crippen LogP contribution >= 0.6 is 11.8 Å². The molecule has 9 nitrogen and oxygen atoms in total. The van der Waals surface area contributed by atoms with Crippen LogP contribution in [0.4, 0.5) is 0 Å². The zero-order valence-corrected chi connectivity index (χ0v) is 16.5. The minimum Gasteiger partial charge on any atom is -0.481 e. The summed E-state index contributed by atoms with van der Waals surface area (Å²) < 4.78 is 25.5. The molecule has 10 heteroatoms. The van der Waals surface area contributed by atoms with Gasteiger partial charge in [-0.1, -0.05) is 11.8 Å². The summed E-state index contributed by atoms with van der Waals surface area (Å²) in [6.07, 6.45) is 0. The Bertz CT molecular complexity index is 627. The zero-order valence-electron chi connectivity index (χ0n) is 15.6. The molecule has 2 unspecified atom stereocenters. The van der Waals surface area contributed by atoms with Gasteiger partial charge in [0.25, 0.3) is 0 Å². The summed E-state index contributed by atoms with van der Waals surface area (Å²) in [6.45, 7) is 4.10. The van der Waals surface area contributed by atoms with E-state index in [-0.39, 0.29) is 16.9 Å². The molecule has 0 amide bonds. The van der Waals surface area contributed by atoms with Crippen molar-refractivity contribution in [3.8, 4) is 17.8 Å². The first-order valence-electron chi connectivity index (χ1n) is 7.71. The maximum atomic E-state index is 12.6. The Balaban J connectivity index is 3.12. The van der Waals surface area contributed by atoms with E-state index in [1.54, 1.807) is 20.8 Å². The molecule has 0 N–H and O–H groups in total. The number of carbonyl (C=O) groups excluding carboxylic acids is 1. The highest BCUT2D eigenvalue weighted by atomic mass is 32.2. The van der Waals surface area contributed by atoms with Crippen molar-refractivity contribution in [1.29, 1.82) is 5.26 Å². The molecule has 0 saturated carbocycles. The Morgan fingerprint density at radius 2 is 1.85 bits per heavy atom. The third-order valence-corrected chi connectivity index (χ3v) is 4.58. The molecule has 0 aliphatic carbocycles. The van der Waals surface area contributed by atoms with E-state index in [9.17, 15) is 10.1 Å². The molecule has 1 aromatic rings. The molecule has 1 aromatic heterocycles. The van der Waals surface area contributed by atoms with Crippen LogP contribution in [0.15, 0.2) is 11.2 Å². The van der Waals surface area contributed by atoms with Gasteiger partial charge in [0.05, 0.1) is 38.4 Å². The lowest BCUT2D eigenvalue weighted by Crippen LogP contribution is -2.37. The predicted molar refractivity (Wildman–Crippen MR) is 92.7 cm³/mol. The number of nitriles is 1. The number of carbonyl (C=O) groups is 1. The van der Waals surface area contributed by atoms with Crippen molar-refractivity contribution in [3.63, 3.8) is 0 Å². The number of esters is 1. The average molecular weight is 385 g/mol. The second kappa shape index (κ2) is 10.2. The van der Waals surface area contributed by atoms with Crippen LogP contribution in [0.3, 0.4) is 0 Å². The van der Waals surface area contributed by atoms with Crippen LogP contribution in [0.25, 0.3) is 0 Å². The van der Waals surface area contributed by atoms with E-state index in [2.05, 4.69) is 16.0 Å². The lowest BCUT2D eigenvalue weighted by molar-refractivity contribution is -0.264. The molecule has 1 rings (SSSR count). The molecule has 0 fully saturated rings. The Kier molecular flexibility index (Phi) is 8.57. The van der Waals surface area contributed by atoms with Crippen LogP contribution in [-0.2, 0) is 19.0 Å². The monoisotopic (exact) mass is 385 g/mol. The van der Waals surface area contributed by atoms with Crippen molar-refractivity contribution in [2.75, 3.05) is 27.9 Å². The normalized spacial score (nSPS) is 13.4. The fourth-order valence-corrected chi connectivity index (χ4v) is 2.74. The second-order valence-corrected chi connectivity index (χ2v) is 6.56. The number of aromatic nitrogens is 2. The molecular weight excluding hydrogens is 362 g/mol. The van der Waals surface area contributed by atoms with E-state index in [1.165, 1.54) is 27.4 Å². The average Bonchev–Trinajstić information content (AvgIpc) is 2.64. The number of ether oxygens (including phenoxy) is 5. The fraction of sp³-hybridized carbons (Fsp3) is 0.625. The Hall–Kier alpha value is -2.09. The van der Waals surface area contributed by atoms with Gasteiger partial charge in [0.15, 0.2) is 5.16 Å². The van der Waals surface area contributed by atoms with Crippen LogP contribution in [0.5, 0.6) is 11.8 Å². The largest absolute Gasteiger partial charge is 0.481 e. The standard InChI is InChI=1S/C16H23N3O6S/c1-7-24-15(23-6)25-13(20)12(16(2,3)9-17)26-14-18-10(21-4)8-11(19-14)22-5/h8,12,15H,7H2,1-6H3. The lowest BCUT2D eigenvalue weighted by Gasteiger charge is -2.26. The molecule has 0 aliphatic rings. The van der Waals surface area contributed by atoms with Gasteiger partial charge in [-0.05, 0) is 20.8 Å². The van der Waals surface area contributed by atoms with E-state index in [0.29, 0.717) is 6.61 Å². The number of rotatable bonds is 10. The summed E-state index contributed by atoms with van der Waals surface area (Å²) in [5, 5.41) is 8.73. The lowest BCUT2D eigenvalue weighted by atomic mass is 9.91. The van der Waals surface area contributed by atoms with Crippen LogP contribution in [0.1, 0.15) is 20.8 Å². The van der Waals surface area contributed by atoms with Crippen molar-refractivity contribution < 1.29 is 28.5 Å². The highest BCUT2D eigenvalue weighted by Crippen LogP contribution is 2.36. The van der Waals surface area contributed by atoms with Gasteiger partial charge >= 0.3 is 12.4 Å². The summed E-state index contributed by atoms with van der Waals surface area (Å²) in [6, 6.07) is 3.60. The smallest absolute Gasteiger partial charge is 0.325 e. The van der Waals surface area contributed by atoms with Crippen molar-refractivity contribution in [1.82, 2.24) is 9.97 Å². The number of thioether (sulfide) groups is 1. The Labute approximate surface area is 156 Å². The molecule has 144 valence electrons. The van der Waals surface area contributed by atoms with E-state index in [0.717, 1.165) is 11.8 Å². The van der Waals surface area contributed by atoms with Crippen molar-refractivity contribution in [3.05, 3.63) is 6.07 Å². The van der Waals surface area contributed by atoms with Crippen molar-refractivity contribution in [2.24, 2.45) is 5.41 Å². The van der Waals surface area contributed by atoms with Crippen molar-refractivity contribution in [2.45, 2.75) is 37.7 Å². The molecule has 0 saturated heterocycles. The zero-order chi connectivity index (χ0) is 19.7. The van der Waals surface area contributed by atoms with Crippen LogP contribution in [0.2, 0.25) is 0 Å². The molecule has 0 aromatic carbocycles. The summed E-state index contributed by atoms with van der Waals surface area (Å²) in [4.78, 5) is 21.0. The topological polar surface area (TPSA) is 113 Å². The molecular formula is C16H23N3O6S. The van der Waals surface area contributed by atoms with Gasteiger partial charge in [-0.15, -0.1) is 0 Å². The third-order valence-electron chi connectivity index (χ3n) is 3.17. The summed E-state index contributed by atoms with van der Waals surface area (Å²) >= 11 is 0.968. The highest BCUT2D eigenvalue weighted by Gasteiger charge is 2.40. The summed E-state index contributed by atoms with van der Waals surface area (Å²) in [7, 11) is 4.25. The Morgan fingerprint density at radius 1 is 1.27 bits per heavy atom. The maximum absolute atomic E-state index is 12.6. The first kappa shape index (κ1) is 22.0. The number of hydrogen-bond acceptors (Lipinski definition) is 10. The van der Waals surface area contributed by atoms with Crippen molar-refractivity contribution >= 4 is 17.7 Å². The minimum atomic E-state index is -1.16. The van der Waals surface area contributed by atoms with Gasteiger partial charge in [-0.25, -0.2) is 0 Å². The second-order valence-electron chi connectivity index (χ2n) is 5.48. The van der Waals surface area contributed by atoms with Crippen LogP contribution in [0, 0.1) is 16.7 Å². The van der Waals surface area contributed by atoms with Gasteiger partial charge in [0.2, 0.25) is 11.8 Å².